The Morgan fingerprint density at radius 1 is 1.07 bits per heavy atom. The van der Waals surface area contributed by atoms with Gasteiger partial charge in [0.2, 0.25) is 5.91 Å². The largest absolute Gasteiger partial charge is 0.399 e. The maximum Gasteiger partial charge on any atom is 0.225 e. The molecule has 5 heteroatoms. The van der Waals surface area contributed by atoms with Crippen LogP contribution in [0.5, 0.6) is 0 Å². The smallest absolute Gasteiger partial charge is 0.225 e. The number of nitrogens with one attached hydrogen (secondary N) is 1. The van der Waals surface area contributed by atoms with Crippen molar-refractivity contribution in [2.24, 2.45) is 0 Å². The molecule has 3 N–H and O–H groups in total. The van der Waals surface area contributed by atoms with Crippen LogP contribution in [0, 0.1) is 0 Å². The molecule has 1 amide bonds. The minimum atomic E-state index is -0.0566. The van der Waals surface area contributed by atoms with E-state index in [1.54, 1.807) is 6.20 Å². The van der Waals surface area contributed by atoms with E-state index in [0.717, 1.165) is 29.7 Å². The number of anilines is 2. The predicted octanol–water partition coefficient (Wildman–Crippen LogP) is 5.11. The first-order valence-electron chi connectivity index (χ1n) is 9.73. The van der Waals surface area contributed by atoms with Crippen molar-refractivity contribution in [3.63, 3.8) is 0 Å². The van der Waals surface area contributed by atoms with Crippen LogP contribution in [0.25, 0.3) is 17.3 Å². The minimum absolute atomic E-state index is 0.0566. The number of aryl methyl sites for hydroxylation is 1. The predicted molar refractivity (Wildman–Crippen MR) is 119 cm³/mol. The van der Waals surface area contributed by atoms with Gasteiger partial charge in [-0.15, -0.1) is 0 Å². The molecular formula is C24H26N4O. The molecule has 1 heterocycles. The fourth-order valence-corrected chi connectivity index (χ4v) is 2.96. The number of allylic oxidation sites excluding steroid dienone is 1. The number of aromatic nitrogens is 2. The molecule has 0 spiro atoms. The number of benzene rings is 2. The van der Waals surface area contributed by atoms with Gasteiger partial charge in [-0.05, 0) is 50.5 Å². The topological polar surface area (TPSA) is 80.9 Å². The molecule has 0 saturated heterocycles. The molecule has 0 saturated carbocycles. The summed E-state index contributed by atoms with van der Waals surface area (Å²) in [5, 5.41) is 2.91. The summed E-state index contributed by atoms with van der Waals surface area (Å²) in [4.78, 5) is 21.6. The Labute approximate surface area is 171 Å². The molecule has 1 aromatic heterocycles. The van der Waals surface area contributed by atoms with E-state index in [9.17, 15) is 4.79 Å². The summed E-state index contributed by atoms with van der Waals surface area (Å²) in [6, 6.07) is 17.7. The SMILES string of the molecule is CC(C)=Cc1nc(-c2ccc(N)cc2)cnc1NC(=O)CCCc1ccccc1. The Bertz CT molecular complexity index is 991. The maximum atomic E-state index is 12.4. The molecular weight excluding hydrogens is 360 g/mol. The Morgan fingerprint density at radius 2 is 1.79 bits per heavy atom. The van der Waals surface area contributed by atoms with Gasteiger partial charge in [0, 0.05) is 17.7 Å². The van der Waals surface area contributed by atoms with Gasteiger partial charge in [0.05, 0.1) is 11.9 Å². The highest BCUT2D eigenvalue weighted by molar-refractivity contribution is 5.91. The zero-order chi connectivity index (χ0) is 20.6. The summed E-state index contributed by atoms with van der Waals surface area (Å²) in [6.07, 6.45) is 5.69. The van der Waals surface area contributed by atoms with E-state index in [2.05, 4.69) is 22.4 Å². The molecule has 29 heavy (non-hydrogen) atoms. The van der Waals surface area contributed by atoms with Crippen LogP contribution in [0.15, 0.2) is 66.4 Å². The summed E-state index contributed by atoms with van der Waals surface area (Å²) in [5.41, 5.74) is 11.1. The van der Waals surface area contributed by atoms with Crippen LogP contribution >= 0.6 is 0 Å². The number of hydrogen-bond acceptors (Lipinski definition) is 4. The van der Waals surface area contributed by atoms with Crippen LogP contribution < -0.4 is 11.1 Å². The highest BCUT2D eigenvalue weighted by Gasteiger charge is 2.11. The van der Waals surface area contributed by atoms with Gasteiger partial charge in [0.25, 0.3) is 0 Å². The molecule has 0 radical (unpaired) electrons. The summed E-state index contributed by atoms with van der Waals surface area (Å²) in [7, 11) is 0. The van der Waals surface area contributed by atoms with Crippen LogP contribution in [0.2, 0.25) is 0 Å². The Kier molecular flexibility index (Phi) is 6.74. The van der Waals surface area contributed by atoms with Gasteiger partial charge in [-0.1, -0.05) is 48.0 Å². The lowest BCUT2D eigenvalue weighted by atomic mass is 10.1. The first kappa shape index (κ1) is 20.3. The van der Waals surface area contributed by atoms with E-state index < -0.39 is 0 Å². The number of rotatable bonds is 7. The van der Waals surface area contributed by atoms with Gasteiger partial charge in [0.15, 0.2) is 5.82 Å². The summed E-state index contributed by atoms with van der Waals surface area (Å²) < 4.78 is 0. The zero-order valence-electron chi connectivity index (χ0n) is 16.9. The molecule has 3 aromatic rings. The molecule has 0 atom stereocenters. The van der Waals surface area contributed by atoms with Gasteiger partial charge >= 0.3 is 0 Å². The van der Waals surface area contributed by atoms with Crippen molar-refractivity contribution in [2.75, 3.05) is 11.1 Å². The third-order valence-corrected chi connectivity index (χ3v) is 4.40. The highest BCUT2D eigenvalue weighted by Crippen LogP contribution is 2.22. The third kappa shape index (κ3) is 6.01. The lowest BCUT2D eigenvalue weighted by Gasteiger charge is -2.10. The molecule has 0 bridgehead atoms. The van der Waals surface area contributed by atoms with Crippen molar-refractivity contribution < 1.29 is 4.79 Å². The number of nitrogens with zero attached hydrogens (tertiary/aromatic N) is 2. The molecule has 3 rings (SSSR count). The molecule has 148 valence electrons. The quantitative estimate of drug-likeness (QED) is 0.553. The van der Waals surface area contributed by atoms with Gasteiger partial charge in [-0.2, -0.15) is 0 Å². The first-order valence-corrected chi connectivity index (χ1v) is 9.73. The fraction of sp³-hybridized carbons (Fsp3) is 0.208. The van der Waals surface area contributed by atoms with E-state index >= 15 is 0 Å². The average Bonchev–Trinajstić information content (AvgIpc) is 2.70. The van der Waals surface area contributed by atoms with Crippen molar-refractivity contribution in [2.45, 2.75) is 33.1 Å². The Balaban J connectivity index is 1.71. The third-order valence-electron chi connectivity index (χ3n) is 4.40. The van der Waals surface area contributed by atoms with E-state index in [4.69, 9.17) is 10.7 Å². The van der Waals surface area contributed by atoms with Gasteiger partial charge in [-0.3, -0.25) is 4.79 Å². The van der Waals surface area contributed by atoms with Crippen LogP contribution in [0.3, 0.4) is 0 Å². The van der Waals surface area contributed by atoms with Crippen molar-refractivity contribution in [1.29, 1.82) is 0 Å². The molecule has 0 fully saturated rings. The van der Waals surface area contributed by atoms with Crippen LogP contribution in [0.4, 0.5) is 11.5 Å². The second kappa shape index (κ2) is 9.64. The Morgan fingerprint density at radius 3 is 2.48 bits per heavy atom. The summed E-state index contributed by atoms with van der Waals surface area (Å²) in [5.74, 6) is 0.425. The molecule has 0 unspecified atom stereocenters. The number of nitrogen functional groups attached to an aromatic ring is 1. The number of carbonyl (C=O) groups excluding carboxylic acids is 1. The zero-order valence-corrected chi connectivity index (χ0v) is 16.9. The van der Waals surface area contributed by atoms with Crippen LogP contribution in [-0.4, -0.2) is 15.9 Å². The minimum Gasteiger partial charge on any atom is -0.399 e. The van der Waals surface area contributed by atoms with Crippen molar-refractivity contribution in [3.8, 4) is 11.3 Å². The average molecular weight is 386 g/mol. The molecule has 0 aliphatic heterocycles. The highest BCUT2D eigenvalue weighted by atomic mass is 16.1. The van der Waals surface area contributed by atoms with Crippen molar-refractivity contribution in [1.82, 2.24) is 9.97 Å². The summed E-state index contributed by atoms with van der Waals surface area (Å²) >= 11 is 0. The van der Waals surface area contributed by atoms with E-state index in [1.807, 2.05) is 62.4 Å². The summed E-state index contributed by atoms with van der Waals surface area (Å²) in [6.45, 7) is 3.98. The molecule has 5 nitrogen and oxygen atoms in total. The van der Waals surface area contributed by atoms with E-state index in [0.29, 0.717) is 23.6 Å². The Hall–Kier alpha value is -3.47. The van der Waals surface area contributed by atoms with Crippen LogP contribution in [0.1, 0.15) is 37.9 Å². The second-order valence-electron chi connectivity index (χ2n) is 7.22. The maximum absolute atomic E-state index is 12.4. The number of amides is 1. The number of carbonyl (C=O) groups is 1. The van der Waals surface area contributed by atoms with Gasteiger partial charge in [-0.25, -0.2) is 9.97 Å². The molecule has 0 aliphatic carbocycles. The normalized spacial score (nSPS) is 10.4. The van der Waals surface area contributed by atoms with Gasteiger partial charge in [0.1, 0.15) is 5.69 Å². The lowest BCUT2D eigenvalue weighted by Crippen LogP contribution is -2.14. The van der Waals surface area contributed by atoms with Crippen LogP contribution in [-0.2, 0) is 11.2 Å². The first-order chi connectivity index (χ1) is 14.0. The molecule has 0 aliphatic rings. The van der Waals surface area contributed by atoms with Crippen molar-refractivity contribution in [3.05, 3.63) is 77.6 Å². The van der Waals surface area contributed by atoms with E-state index in [-0.39, 0.29) is 5.91 Å². The standard InChI is InChI=1S/C24H26N4O/c1-17(2)15-21-24(26-16-22(27-21)19-11-13-20(25)14-12-19)28-23(29)10-6-9-18-7-4-3-5-8-18/h3-5,7-8,11-16H,6,9-10,25H2,1-2H3,(H,26,28,29). The van der Waals surface area contributed by atoms with Gasteiger partial charge < -0.3 is 11.1 Å². The van der Waals surface area contributed by atoms with Crippen molar-refractivity contribution >= 4 is 23.5 Å². The molecule has 2 aromatic carbocycles. The second-order valence-corrected chi connectivity index (χ2v) is 7.22. The lowest BCUT2D eigenvalue weighted by molar-refractivity contribution is -0.116. The van der Waals surface area contributed by atoms with E-state index in [1.165, 1.54) is 5.56 Å². The fourth-order valence-electron chi connectivity index (χ4n) is 2.96. The number of hydrogen-bond donors (Lipinski definition) is 2. The monoisotopic (exact) mass is 386 g/mol. The number of nitrogens with two attached hydrogens (primary N) is 1.